The number of hydrogen-bond donors (Lipinski definition) is 1. The second-order valence-corrected chi connectivity index (χ2v) is 7.48. The van der Waals surface area contributed by atoms with Gasteiger partial charge in [-0.1, -0.05) is 30.3 Å². The Hall–Kier alpha value is -2.50. The molecule has 1 aliphatic rings. The number of likely N-dealkylation sites (tertiary alicyclic amines) is 1. The summed E-state index contributed by atoms with van der Waals surface area (Å²) < 4.78 is 11.6. The molecule has 2 heterocycles. The van der Waals surface area contributed by atoms with Crippen molar-refractivity contribution in [2.24, 2.45) is 5.73 Å². The van der Waals surface area contributed by atoms with Crippen LogP contribution < -0.4 is 10.5 Å². The average Bonchev–Trinajstić information content (AvgIpc) is 3.20. The number of benzene rings is 2. The number of nitrogens with two attached hydrogens (primary N) is 1. The lowest BCUT2D eigenvalue weighted by Gasteiger charge is -2.37. The Morgan fingerprint density at radius 3 is 2.76 bits per heavy atom. The minimum atomic E-state index is -0.0843. The van der Waals surface area contributed by atoms with Crippen molar-refractivity contribution in [3.8, 4) is 5.75 Å². The number of amides is 1. The van der Waals surface area contributed by atoms with E-state index in [2.05, 4.69) is 12.1 Å². The lowest BCUT2D eigenvalue weighted by atomic mass is 9.96. The molecule has 1 fully saturated rings. The SMILES string of the molecule is CC(N)C1CCCCN1C(=O)c1ccc(COc2ccc3ccccc3c2)o1.Cl. The number of rotatable bonds is 5. The van der Waals surface area contributed by atoms with Crippen LogP contribution in [0.4, 0.5) is 0 Å². The van der Waals surface area contributed by atoms with E-state index in [1.54, 1.807) is 12.1 Å². The molecule has 154 valence electrons. The summed E-state index contributed by atoms with van der Waals surface area (Å²) in [5.41, 5.74) is 6.09. The van der Waals surface area contributed by atoms with Crippen LogP contribution in [0.25, 0.3) is 10.8 Å². The van der Waals surface area contributed by atoms with E-state index in [4.69, 9.17) is 14.9 Å². The first-order valence-electron chi connectivity index (χ1n) is 9.89. The summed E-state index contributed by atoms with van der Waals surface area (Å²) in [6.45, 7) is 2.97. The molecular weight excluding hydrogens is 388 g/mol. The van der Waals surface area contributed by atoms with Gasteiger partial charge in [0.2, 0.25) is 0 Å². The van der Waals surface area contributed by atoms with Gasteiger partial charge >= 0.3 is 0 Å². The van der Waals surface area contributed by atoms with Gasteiger partial charge in [0.15, 0.2) is 5.76 Å². The Kier molecular flexibility index (Phi) is 6.83. The fraction of sp³-hybridized carbons (Fsp3) is 0.348. The van der Waals surface area contributed by atoms with Crippen molar-refractivity contribution in [3.63, 3.8) is 0 Å². The number of halogens is 1. The topological polar surface area (TPSA) is 68.7 Å². The van der Waals surface area contributed by atoms with E-state index in [9.17, 15) is 4.79 Å². The van der Waals surface area contributed by atoms with Crippen molar-refractivity contribution in [2.75, 3.05) is 6.54 Å². The summed E-state index contributed by atoms with van der Waals surface area (Å²) in [4.78, 5) is 14.7. The van der Waals surface area contributed by atoms with Gasteiger partial charge in [-0.05, 0) is 61.2 Å². The Bertz CT molecular complexity index is 969. The maximum atomic E-state index is 12.9. The Labute approximate surface area is 177 Å². The van der Waals surface area contributed by atoms with Crippen LogP contribution in [0.2, 0.25) is 0 Å². The fourth-order valence-corrected chi connectivity index (χ4v) is 3.88. The van der Waals surface area contributed by atoms with E-state index < -0.39 is 0 Å². The van der Waals surface area contributed by atoms with Gasteiger partial charge in [0.1, 0.15) is 18.1 Å². The monoisotopic (exact) mass is 414 g/mol. The molecule has 0 saturated carbocycles. The molecule has 5 nitrogen and oxygen atoms in total. The standard InChI is InChI=1S/C23H26N2O3.ClH/c1-16(24)21-8-4-5-13-25(21)23(26)22-12-11-20(28-22)15-27-19-10-9-17-6-2-3-7-18(17)14-19;/h2-3,6-7,9-12,14,16,21H,4-5,8,13,15,24H2,1H3;1H. The molecule has 0 aliphatic carbocycles. The number of hydrogen-bond acceptors (Lipinski definition) is 4. The number of fused-ring (bicyclic) bond motifs is 1. The number of ether oxygens (including phenoxy) is 1. The molecule has 29 heavy (non-hydrogen) atoms. The molecule has 1 aromatic heterocycles. The van der Waals surface area contributed by atoms with Crippen LogP contribution >= 0.6 is 12.4 Å². The number of carbonyl (C=O) groups excluding carboxylic acids is 1. The maximum absolute atomic E-state index is 12.9. The molecule has 2 unspecified atom stereocenters. The van der Waals surface area contributed by atoms with E-state index in [-0.39, 0.29) is 37.0 Å². The molecule has 2 N–H and O–H groups in total. The van der Waals surface area contributed by atoms with Crippen LogP contribution in [0, 0.1) is 0 Å². The van der Waals surface area contributed by atoms with Gasteiger partial charge in [-0.25, -0.2) is 0 Å². The molecule has 2 aromatic carbocycles. The van der Waals surface area contributed by atoms with Crippen LogP contribution in [0.1, 0.15) is 42.5 Å². The predicted octanol–water partition coefficient (Wildman–Crippen LogP) is 4.78. The van der Waals surface area contributed by atoms with Crippen molar-refractivity contribution in [3.05, 3.63) is 66.1 Å². The van der Waals surface area contributed by atoms with Gasteiger partial charge in [-0.3, -0.25) is 4.79 Å². The molecule has 0 spiro atoms. The predicted molar refractivity (Wildman–Crippen MR) is 117 cm³/mol. The zero-order valence-corrected chi connectivity index (χ0v) is 17.4. The molecule has 6 heteroatoms. The third kappa shape index (κ3) is 4.74. The largest absolute Gasteiger partial charge is 0.486 e. The molecule has 1 saturated heterocycles. The molecule has 0 bridgehead atoms. The first kappa shape index (κ1) is 21.2. The van der Waals surface area contributed by atoms with E-state index in [0.29, 0.717) is 11.5 Å². The van der Waals surface area contributed by atoms with Crippen LogP contribution in [0.5, 0.6) is 5.75 Å². The number of nitrogens with zero attached hydrogens (tertiary/aromatic N) is 1. The summed E-state index contributed by atoms with van der Waals surface area (Å²) in [5, 5.41) is 2.30. The van der Waals surface area contributed by atoms with E-state index in [0.717, 1.165) is 36.9 Å². The van der Waals surface area contributed by atoms with Gasteiger partial charge < -0.3 is 19.8 Å². The molecule has 3 aromatic rings. The zero-order chi connectivity index (χ0) is 19.5. The van der Waals surface area contributed by atoms with Gasteiger partial charge in [0.25, 0.3) is 5.91 Å². The Balaban J connectivity index is 0.00000240. The van der Waals surface area contributed by atoms with Crippen LogP contribution in [-0.4, -0.2) is 29.4 Å². The number of carbonyl (C=O) groups is 1. The summed E-state index contributed by atoms with van der Waals surface area (Å²) in [5.74, 6) is 1.67. The number of furan rings is 1. The van der Waals surface area contributed by atoms with Gasteiger partial charge in [-0.2, -0.15) is 0 Å². The second kappa shape index (κ2) is 9.33. The smallest absolute Gasteiger partial charge is 0.289 e. The van der Waals surface area contributed by atoms with Crippen molar-refractivity contribution in [1.82, 2.24) is 4.90 Å². The van der Waals surface area contributed by atoms with Crippen LogP contribution in [0.3, 0.4) is 0 Å². The van der Waals surface area contributed by atoms with Crippen LogP contribution in [-0.2, 0) is 6.61 Å². The first-order chi connectivity index (χ1) is 13.6. The molecular formula is C23H27ClN2O3. The zero-order valence-electron chi connectivity index (χ0n) is 16.5. The van der Waals surface area contributed by atoms with E-state index in [1.807, 2.05) is 42.2 Å². The van der Waals surface area contributed by atoms with Crippen molar-refractivity contribution >= 4 is 29.1 Å². The van der Waals surface area contributed by atoms with Crippen molar-refractivity contribution in [1.29, 1.82) is 0 Å². The summed E-state index contributed by atoms with van der Waals surface area (Å²) in [6.07, 6.45) is 3.06. The summed E-state index contributed by atoms with van der Waals surface area (Å²) in [6, 6.07) is 17.7. The highest BCUT2D eigenvalue weighted by Gasteiger charge is 2.31. The lowest BCUT2D eigenvalue weighted by molar-refractivity contribution is 0.0548. The minimum Gasteiger partial charge on any atom is -0.486 e. The Morgan fingerprint density at radius 2 is 1.97 bits per heavy atom. The van der Waals surface area contributed by atoms with Gasteiger partial charge in [0.05, 0.1) is 0 Å². The fourth-order valence-electron chi connectivity index (χ4n) is 3.88. The molecule has 2 atom stereocenters. The average molecular weight is 415 g/mol. The maximum Gasteiger partial charge on any atom is 0.289 e. The summed E-state index contributed by atoms with van der Waals surface area (Å²) >= 11 is 0. The highest BCUT2D eigenvalue weighted by Crippen LogP contribution is 2.24. The Morgan fingerprint density at radius 1 is 1.17 bits per heavy atom. The third-order valence-corrected chi connectivity index (χ3v) is 5.39. The quantitative estimate of drug-likeness (QED) is 0.652. The highest BCUT2D eigenvalue weighted by molar-refractivity contribution is 5.92. The lowest BCUT2D eigenvalue weighted by Crippen LogP contribution is -2.51. The molecule has 0 radical (unpaired) electrons. The third-order valence-electron chi connectivity index (χ3n) is 5.39. The van der Waals surface area contributed by atoms with Crippen molar-refractivity contribution < 1.29 is 13.9 Å². The molecule has 1 aliphatic heterocycles. The number of piperidine rings is 1. The minimum absolute atomic E-state index is 0. The van der Waals surface area contributed by atoms with Crippen molar-refractivity contribution in [2.45, 2.75) is 44.9 Å². The van der Waals surface area contributed by atoms with E-state index >= 15 is 0 Å². The van der Waals surface area contributed by atoms with Gasteiger partial charge in [0, 0.05) is 18.6 Å². The highest BCUT2D eigenvalue weighted by atomic mass is 35.5. The van der Waals surface area contributed by atoms with E-state index in [1.165, 1.54) is 5.39 Å². The molecule has 4 rings (SSSR count). The van der Waals surface area contributed by atoms with Crippen LogP contribution in [0.15, 0.2) is 59.0 Å². The second-order valence-electron chi connectivity index (χ2n) is 7.48. The molecule has 1 amide bonds. The first-order valence-corrected chi connectivity index (χ1v) is 9.89. The van der Waals surface area contributed by atoms with Gasteiger partial charge in [-0.15, -0.1) is 12.4 Å². The summed E-state index contributed by atoms with van der Waals surface area (Å²) in [7, 11) is 0. The normalized spacial score (nSPS) is 17.6.